The number of halogens is 1. The molecule has 2 rings (SSSR count). The molecule has 4 heteroatoms. The number of hydrogen-bond acceptors (Lipinski definition) is 2. The molecular formula is C16H16ClNO2. The van der Waals surface area contributed by atoms with Crippen molar-refractivity contribution in [3.8, 4) is 5.75 Å². The zero-order chi connectivity index (χ0) is 14.2. The molecule has 0 aliphatic rings. The number of nitrogens with one attached hydrogen (secondary N) is 1. The van der Waals surface area contributed by atoms with Crippen LogP contribution in [0.2, 0.25) is 0 Å². The monoisotopic (exact) mass is 289 g/mol. The maximum absolute atomic E-state index is 10.3. The first-order chi connectivity index (χ1) is 9.79. The highest BCUT2D eigenvalue weighted by Gasteiger charge is 2.08. The average molecular weight is 290 g/mol. The van der Waals surface area contributed by atoms with Crippen molar-refractivity contribution >= 4 is 18.0 Å². The average Bonchev–Trinajstić information content (AvgIpc) is 2.52. The van der Waals surface area contributed by atoms with Crippen molar-refractivity contribution in [1.82, 2.24) is 5.32 Å². The highest BCUT2D eigenvalue weighted by Crippen LogP contribution is 2.24. The SMILES string of the molecule is O=CNCC(Cl)c1cccc(OCc2ccccc2)c1. The summed E-state index contributed by atoms with van der Waals surface area (Å²) < 4.78 is 5.74. The largest absolute Gasteiger partial charge is 0.489 e. The molecule has 0 aromatic heterocycles. The third-order valence-electron chi connectivity index (χ3n) is 2.85. The molecule has 2 aromatic carbocycles. The van der Waals surface area contributed by atoms with E-state index in [2.05, 4.69) is 5.32 Å². The quantitative estimate of drug-likeness (QED) is 0.627. The summed E-state index contributed by atoms with van der Waals surface area (Å²) in [6, 6.07) is 17.6. The van der Waals surface area contributed by atoms with Gasteiger partial charge in [-0.25, -0.2) is 0 Å². The van der Waals surface area contributed by atoms with E-state index >= 15 is 0 Å². The third-order valence-corrected chi connectivity index (χ3v) is 3.25. The Morgan fingerprint density at radius 1 is 1.15 bits per heavy atom. The molecule has 0 aliphatic heterocycles. The standard InChI is InChI=1S/C16H16ClNO2/c17-16(10-18-12-19)14-7-4-8-15(9-14)20-11-13-5-2-1-3-6-13/h1-9,12,16H,10-11H2,(H,18,19). The number of rotatable bonds is 7. The highest BCUT2D eigenvalue weighted by atomic mass is 35.5. The summed E-state index contributed by atoms with van der Waals surface area (Å²) in [6.07, 6.45) is 0.644. The fourth-order valence-electron chi connectivity index (χ4n) is 1.81. The molecule has 0 saturated heterocycles. The topological polar surface area (TPSA) is 38.3 Å². The molecule has 104 valence electrons. The second-order valence-electron chi connectivity index (χ2n) is 4.34. The molecule has 1 amide bonds. The number of alkyl halides is 1. The van der Waals surface area contributed by atoms with E-state index in [1.165, 1.54) is 0 Å². The van der Waals surface area contributed by atoms with Crippen molar-refractivity contribution in [2.45, 2.75) is 12.0 Å². The molecule has 0 radical (unpaired) electrons. The Morgan fingerprint density at radius 3 is 2.70 bits per heavy atom. The molecular weight excluding hydrogens is 274 g/mol. The fourth-order valence-corrected chi connectivity index (χ4v) is 2.03. The van der Waals surface area contributed by atoms with Gasteiger partial charge >= 0.3 is 0 Å². The van der Waals surface area contributed by atoms with Crippen LogP contribution in [0.5, 0.6) is 5.75 Å². The molecule has 0 saturated carbocycles. The van der Waals surface area contributed by atoms with E-state index in [-0.39, 0.29) is 5.38 Å². The van der Waals surface area contributed by atoms with Gasteiger partial charge in [-0.3, -0.25) is 4.79 Å². The van der Waals surface area contributed by atoms with E-state index in [0.29, 0.717) is 19.6 Å². The lowest BCUT2D eigenvalue weighted by atomic mass is 10.1. The molecule has 0 aliphatic carbocycles. The van der Waals surface area contributed by atoms with Crippen molar-refractivity contribution in [2.24, 2.45) is 0 Å². The maximum atomic E-state index is 10.3. The molecule has 1 unspecified atom stereocenters. The Bertz CT molecular complexity index is 545. The maximum Gasteiger partial charge on any atom is 0.207 e. The van der Waals surface area contributed by atoms with Crippen molar-refractivity contribution < 1.29 is 9.53 Å². The number of ether oxygens (including phenoxy) is 1. The first-order valence-corrected chi connectivity index (χ1v) is 6.81. The molecule has 0 fully saturated rings. The van der Waals surface area contributed by atoms with Crippen LogP contribution in [0.3, 0.4) is 0 Å². The van der Waals surface area contributed by atoms with Gasteiger partial charge in [0, 0.05) is 6.54 Å². The number of benzene rings is 2. The number of hydrogen-bond donors (Lipinski definition) is 1. The van der Waals surface area contributed by atoms with E-state index < -0.39 is 0 Å². The lowest BCUT2D eigenvalue weighted by molar-refractivity contribution is -0.109. The van der Waals surface area contributed by atoms with Crippen LogP contribution >= 0.6 is 11.6 Å². The fraction of sp³-hybridized carbons (Fsp3) is 0.188. The summed E-state index contributed by atoms with van der Waals surface area (Å²) in [7, 11) is 0. The Hall–Kier alpha value is -2.00. The highest BCUT2D eigenvalue weighted by molar-refractivity contribution is 6.21. The minimum absolute atomic E-state index is 0.263. The van der Waals surface area contributed by atoms with Gasteiger partial charge in [0.2, 0.25) is 6.41 Å². The van der Waals surface area contributed by atoms with Crippen molar-refractivity contribution in [3.63, 3.8) is 0 Å². The smallest absolute Gasteiger partial charge is 0.207 e. The summed E-state index contributed by atoms with van der Waals surface area (Å²) in [6.45, 7) is 0.914. The molecule has 0 bridgehead atoms. The first-order valence-electron chi connectivity index (χ1n) is 6.37. The van der Waals surface area contributed by atoms with Crippen LogP contribution in [0.15, 0.2) is 54.6 Å². The van der Waals surface area contributed by atoms with Crippen LogP contribution in [0.25, 0.3) is 0 Å². The number of carbonyl (C=O) groups excluding carboxylic acids is 1. The second-order valence-corrected chi connectivity index (χ2v) is 4.87. The van der Waals surface area contributed by atoms with Gasteiger partial charge in [0.25, 0.3) is 0 Å². The summed E-state index contributed by atoms with van der Waals surface area (Å²) >= 11 is 6.20. The lowest BCUT2D eigenvalue weighted by Gasteiger charge is -2.11. The molecule has 20 heavy (non-hydrogen) atoms. The Labute approximate surface area is 123 Å². The number of carbonyl (C=O) groups is 1. The molecule has 3 nitrogen and oxygen atoms in total. The molecule has 1 atom stereocenters. The zero-order valence-corrected chi connectivity index (χ0v) is 11.7. The van der Waals surface area contributed by atoms with Gasteiger partial charge < -0.3 is 10.1 Å². The van der Waals surface area contributed by atoms with Crippen LogP contribution in [0, 0.1) is 0 Å². The van der Waals surface area contributed by atoms with Crippen LogP contribution in [0.4, 0.5) is 0 Å². The van der Waals surface area contributed by atoms with Crippen LogP contribution in [-0.4, -0.2) is 13.0 Å². The van der Waals surface area contributed by atoms with Gasteiger partial charge in [0.15, 0.2) is 0 Å². The second kappa shape index (κ2) is 7.56. The Kier molecular flexibility index (Phi) is 5.44. The van der Waals surface area contributed by atoms with E-state index in [9.17, 15) is 4.79 Å². The van der Waals surface area contributed by atoms with Crippen LogP contribution in [-0.2, 0) is 11.4 Å². The summed E-state index contributed by atoms with van der Waals surface area (Å²) in [5.74, 6) is 0.767. The molecule has 1 N–H and O–H groups in total. The summed E-state index contributed by atoms with van der Waals surface area (Å²) in [5, 5.41) is 2.31. The number of amides is 1. The Balaban J connectivity index is 1.97. The predicted octanol–water partition coefficient (Wildman–Crippen LogP) is 3.29. The van der Waals surface area contributed by atoms with Crippen molar-refractivity contribution in [2.75, 3.05) is 6.54 Å². The minimum Gasteiger partial charge on any atom is -0.489 e. The first kappa shape index (κ1) is 14.4. The minimum atomic E-state index is -0.263. The predicted molar refractivity (Wildman–Crippen MR) is 79.9 cm³/mol. The van der Waals surface area contributed by atoms with Gasteiger partial charge in [0.05, 0.1) is 5.38 Å². The summed E-state index contributed by atoms with van der Waals surface area (Å²) in [4.78, 5) is 10.3. The van der Waals surface area contributed by atoms with Crippen LogP contribution < -0.4 is 10.1 Å². The Morgan fingerprint density at radius 2 is 1.95 bits per heavy atom. The van der Waals surface area contributed by atoms with Gasteiger partial charge in [-0.1, -0.05) is 42.5 Å². The van der Waals surface area contributed by atoms with Crippen molar-refractivity contribution in [3.05, 3.63) is 65.7 Å². The van der Waals surface area contributed by atoms with Gasteiger partial charge in [-0.05, 0) is 23.3 Å². The molecule has 0 heterocycles. The lowest BCUT2D eigenvalue weighted by Crippen LogP contribution is -2.16. The summed E-state index contributed by atoms with van der Waals surface area (Å²) in [5.41, 5.74) is 2.04. The van der Waals surface area contributed by atoms with Crippen LogP contribution in [0.1, 0.15) is 16.5 Å². The van der Waals surface area contributed by atoms with Crippen molar-refractivity contribution in [1.29, 1.82) is 0 Å². The molecule has 2 aromatic rings. The zero-order valence-electron chi connectivity index (χ0n) is 11.0. The van der Waals surface area contributed by atoms with E-state index in [1.54, 1.807) is 0 Å². The van der Waals surface area contributed by atoms with Gasteiger partial charge in [0.1, 0.15) is 12.4 Å². The normalized spacial score (nSPS) is 11.7. The van der Waals surface area contributed by atoms with Gasteiger partial charge in [-0.15, -0.1) is 11.6 Å². The van der Waals surface area contributed by atoms with Gasteiger partial charge in [-0.2, -0.15) is 0 Å². The van der Waals surface area contributed by atoms with E-state index in [4.69, 9.17) is 16.3 Å². The molecule has 0 spiro atoms. The van der Waals surface area contributed by atoms with E-state index in [0.717, 1.165) is 16.9 Å². The van der Waals surface area contributed by atoms with E-state index in [1.807, 2.05) is 54.6 Å². The third kappa shape index (κ3) is 4.28.